The number of carbonyl (C=O) groups excluding carboxylic acids is 2. The van der Waals surface area contributed by atoms with Gasteiger partial charge in [-0.25, -0.2) is 0 Å². The second-order valence-corrected chi connectivity index (χ2v) is 4.95. The molecule has 1 N–H and O–H groups in total. The van der Waals surface area contributed by atoms with Crippen molar-refractivity contribution in [1.29, 1.82) is 0 Å². The molecular weight excluding hydrogens is 240 g/mol. The van der Waals surface area contributed by atoms with Gasteiger partial charge in [0, 0.05) is 24.1 Å². The SMILES string of the molecule is O=C1C2=C(C(=O)c3ccccc31)N1CC=CCC1N2. The van der Waals surface area contributed by atoms with Gasteiger partial charge >= 0.3 is 0 Å². The minimum atomic E-state index is -0.0698. The Kier molecular flexibility index (Phi) is 1.98. The second kappa shape index (κ2) is 3.57. The van der Waals surface area contributed by atoms with Crippen molar-refractivity contribution in [3.63, 3.8) is 0 Å². The van der Waals surface area contributed by atoms with E-state index >= 15 is 0 Å². The van der Waals surface area contributed by atoms with E-state index in [1.807, 2.05) is 11.0 Å². The number of fused-ring (bicyclic) bond motifs is 3. The van der Waals surface area contributed by atoms with Gasteiger partial charge in [0.1, 0.15) is 17.6 Å². The van der Waals surface area contributed by atoms with Crippen molar-refractivity contribution in [3.05, 3.63) is 58.9 Å². The van der Waals surface area contributed by atoms with Gasteiger partial charge < -0.3 is 10.2 Å². The highest BCUT2D eigenvalue weighted by atomic mass is 16.1. The standard InChI is InChI=1S/C15H12N2O2/c18-14-9-5-1-2-6-10(9)15(19)13-12(14)16-11-7-3-4-8-17(11)13/h1-6,11,16H,7-8H2. The molecule has 0 fully saturated rings. The molecule has 0 saturated heterocycles. The van der Waals surface area contributed by atoms with Crippen LogP contribution in [0.1, 0.15) is 27.1 Å². The van der Waals surface area contributed by atoms with E-state index in [1.54, 1.807) is 24.3 Å². The van der Waals surface area contributed by atoms with E-state index in [1.165, 1.54) is 0 Å². The van der Waals surface area contributed by atoms with Crippen LogP contribution in [0.15, 0.2) is 47.8 Å². The van der Waals surface area contributed by atoms with Crippen molar-refractivity contribution in [2.45, 2.75) is 12.6 Å². The first-order chi connectivity index (χ1) is 9.27. The Hall–Kier alpha value is -2.36. The number of Topliss-reactive ketones (excluding diaryl/α,β-unsaturated/α-hetero) is 2. The highest BCUT2D eigenvalue weighted by Gasteiger charge is 2.42. The van der Waals surface area contributed by atoms with Crippen LogP contribution in [-0.4, -0.2) is 29.2 Å². The Morgan fingerprint density at radius 3 is 2.58 bits per heavy atom. The van der Waals surface area contributed by atoms with Crippen molar-refractivity contribution in [2.75, 3.05) is 6.54 Å². The lowest BCUT2D eigenvalue weighted by Gasteiger charge is -2.29. The van der Waals surface area contributed by atoms with Gasteiger partial charge in [0.2, 0.25) is 11.6 Å². The molecule has 0 saturated carbocycles. The maximum absolute atomic E-state index is 12.6. The van der Waals surface area contributed by atoms with Gasteiger partial charge in [-0.2, -0.15) is 0 Å². The summed E-state index contributed by atoms with van der Waals surface area (Å²) < 4.78 is 0. The van der Waals surface area contributed by atoms with Crippen molar-refractivity contribution < 1.29 is 9.59 Å². The molecule has 19 heavy (non-hydrogen) atoms. The lowest BCUT2D eigenvalue weighted by atomic mass is 9.90. The zero-order valence-corrected chi connectivity index (χ0v) is 10.2. The molecule has 0 bridgehead atoms. The molecule has 2 aliphatic heterocycles. The fourth-order valence-electron chi connectivity index (χ4n) is 2.99. The van der Waals surface area contributed by atoms with Gasteiger partial charge in [0.25, 0.3) is 0 Å². The van der Waals surface area contributed by atoms with Crippen LogP contribution in [0.3, 0.4) is 0 Å². The number of rotatable bonds is 0. The molecule has 4 rings (SSSR count). The van der Waals surface area contributed by atoms with Crippen molar-refractivity contribution in [1.82, 2.24) is 10.2 Å². The topological polar surface area (TPSA) is 49.4 Å². The average molecular weight is 252 g/mol. The molecule has 3 aliphatic rings. The van der Waals surface area contributed by atoms with Crippen LogP contribution in [0.5, 0.6) is 0 Å². The minimum absolute atomic E-state index is 0.0391. The smallest absolute Gasteiger partial charge is 0.212 e. The summed E-state index contributed by atoms with van der Waals surface area (Å²) >= 11 is 0. The largest absolute Gasteiger partial charge is 0.360 e. The van der Waals surface area contributed by atoms with Gasteiger partial charge in [0.05, 0.1) is 0 Å². The monoisotopic (exact) mass is 252 g/mol. The maximum Gasteiger partial charge on any atom is 0.212 e. The molecule has 0 amide bonds. The third kappa shape index (κ3) is 1.28. The van der Waals surface area contributed by atoms with Gasteiger partial charge in [-0.1, -0.05) is 36.4 Å². The Morgan fingerprint density at radius 2 is 1.79 bits per heavy atom. The Labute approximate surface area is 110 Å². The Morgan fingerprint density at radius 1 is 1.05 bits per heavy atom. The predicted octanol–water partition coefficient (Wildman–Crippen LogP) is 1.47. The van der Waals surface area contributed by atoms with E-state index in [4.69, 9.17) is 0 Å². The summed E-state index contributed by atoms with van der Waals surface area (Å²) in [6.07, 6.45) is 4.96. The number of hydrogen-bond donors (Lipinski definition) is 1. The van der Waals surface area contributed by atoms with Gasteiger partial charge in [-0.15, -0.1) is 0 Å². The van der Waals surface area contributed by atoms with E-state index in [2.05, 4.69) is 11.4 Å². The molecule has 1 unspecified atom stereocenters. The second-order valence-electron chi connectivity index (χ2n) is 4.95. The van der Waals surface area contributed by atoms with Crippen LogP contribution in [0.2, 0.25) is 0 Å². The van der Waals surface area contributed by atoms with Crippen LogP contribution >= 0.6 is 0 Å². The van der Waals surface area contributed by atoms with Crippen LogP contribution in [0, 0.1) is 0 Å². The maximum atomic E-state index is 12.6. The summed E-state index contributed by atoms with van der Waals surface area (Å²) in [4.78, 5) is 27.0. The highest BCUT2D eigenvalue weighted by Crippen LogP contribution is 2.34. The molecule has 1 atom stereocenters. The van der Waals surface area contributed by atoms with Crippen LogP contribution in [0.4, 0.5) is 0 Å². The van der Waals surface area contributed by atoms with Crippen molar-refractivity contribution in [3.8, 4) is 0 Å². The zero-order valence-electron chi connectivity index (χ0n) is 10.2. The van der Waals surface area contributed by atoms with Crippen molar-refractivity contribution in [2.24, 2.45) is 0 Å². The van der Waals surface area contributed by atoms with E-state index < -0.39 is 0 Å². The predicted molar refractivity (Wildman–Crippen MR) is 69.5 cm³/mol. The summed E-state index contributed by atoms with van der Waals surface area (Å²) in [5.74, 6) is -0.116. The molecule has 1 aromatic rings. The van der Waals surface area contributed by atoms with E-state index in [-0.39, 0.29) is 17.7 Å². The molecular formula is C15H12N2O2. The summed E-state index contributed by atoms with van der Waals surface area (Å²) in [5.41, 5.74) is 2.03. The number of carbonyl (C=O) groups is 2. The highest BCUT2D eigenvalue weighted by molar-refractivity contribution is 6.26. The lowest BCUT2D eigenvalue weighted by Crippen LogP contribution is -2.40. The lowest BCUT2D eigenvalue weighted by molar-refractivity contribution is 0.0952. The number of ketones is 2. The molecule has 0 aromatic heterocycles. The van der Waals surface area contributed by atoms with Gasteiger partial charge in [-0.05, 0) is 0 Å². The van der Waals surface area contributed by atoms with Crippen LogP contribution < -0.4 is 5.32 Å². The molecule has 1 aliphatic carbocycles. The molecule has 0 spiro atoms. The van der Waals surface area contributed by atoms with Crippen molar-refractivity contribution >= 4 is 11.6 Å². The number of nitrogens with zero attached hydrogens (tertiary/aromatic N) is 1. The Bertz CT molecular complexity index is 672. The normalized spacial score (nSPS) is 24.0. The molecule has 94 valence electrons. The molecule has 4 nitrogen and oxygen atoms in total. The van der Waals surface area contributed by atoms with E-state index in [0.29, 0.717) is 29.1 Å². The van der Waals surface area contributed by atoms with E-state index in [0.717, 1.165) is 6.42 Å². The van der Waals surface area contributed by atoms with E-state index in [9.17, 15) is 9.59 Å². The zero-order chi connectivity index (χ0) is 13.0. The third-order valence-corrected chi connectivity index (χ3v) is 3.90. The Balaban J connectivity index is 1.88. The van der Waals surface area contributed by atoms with Gasteiger partial charge in [0.15, 0.2) is 0 Å². The summed E-state index contributed by atoms with van der Waals surface area (Å²) in [7, 11) is 0. The fraction of sp³-hybridized carbons (Fsp3) is 0.200. The van der Waals surface area contributed by atoms with Crippen LogP contribution in [-0.2, 0) is 0 Å². The summed E-state index contributed by atoms with van der Waals surface area (Å²) in [5, 5.41) is 3.20. The quantitative estimate of drug-likeness (QED) is 0.710. The average Bonchev–Trinajstić information content (AvgIpc) is 2.84. The first-order valence-corrected chi connectivity index (χ1v) is 6.38. The first kappa shape index (κ1) is 10.6. The molecule has 0 radical (unpaired) electrons. The van der Waals surface area contributed by atoms with Gasteiger partial charge in [-0.3, -0.25) is 9.59 Å². The molecule has 2 heterocycles. The molecule has 1 aromatic carbocycles. The number of benzene rings is 1. The number of hydrogen-bond acceptors (Lipinski definition) is 4. The fourth-order valence-corrected chi connectivity index (χ4v) is 2.99. The number of nitrogens with one attached hydrogen (secondary N) is 1. The molecule has 4 heteroatoms. The summed E-state index contributed by atoms with van der Waals surface area (Å²) in [6.45, 7) is 0.678. The van der Waals surface area contributed by atoms with Crippen LogP contribution in [0.25, 0.3) is 0 Å². The minimum Gasteiger partial charge on any atom is -0.360 e. The summed E-state index contributed by atoms with van der Waals surface area (Å²) in [6, 6.07) is 7.04. The third-order valence-electron chi connectivity index (χ3n) is 3.90. The number of allylic oxidation sites excluding steroid dienone is 2. The first-order valence-electron chi connectivity index (χ1n) is 6.38.